The number of nitrogens with zero attached hydrogens (tertiary/aromatic N) is 1. The van der Waals surface area contributed by atoms with Crippen LogP contribution in [0.1, 0.15) is 16.3 Å². The molecule has 1 heterocycles. The Bertz CT molecular complexity index is 622. The zero-order chi connectivity index (χ0) is 13.8. The zero-order valence-electron chi connectivity index (χ0n) is 9.54. The molecule has 0 fully saturated rings. The van der Waals surface area contributed by atoms with Crippen LogP contribution < -0.4 is 4.74 Å². The number of carbonyl (C=O) groups is 1. The van der Waals surface area contributed by atoms with Crippen molar-refractivity contribution in [3.05, 3.63) is 56.4 Å². The van der Waals surface area contributed by atoms with Crippen molar-refractivity contribution < 1.29 is 18.9 Å². The summed E-state index contributed by atoms with van der Waals surface area (Å²) in [6.45, 7) is -0.00269. The normalized spacial score (nSPS) is 10.2. The summed E-state index contributed by atoms with van der Waals surface area (Å²) in [5.41, 5.74) is -0.142. The van der Waals surface area contributed by atoms with Crippen LogP contribution in [0.15, 0.2) is 39.2 Å². The number of hydrogen-bond acceptors (Lipinski definition) is 5. The van der Waals surface area contributed by atoms with E-state index in [1.807, 2.05) is 0 Å². The lowest BCUT2D eigenvalue weighted by Gasteiger charge is -2.06. The van der Waals surface area contributed by atoms with Gasteiger partial charge < -0.3 is 9.15 Å². The maximum atomic E-state index is 10.9. The lowest BCUT2D eigenvalue weighted by Crippen LogP contribution is -1.99. The molecule has 0 spiro atoms. The Kier molecular flexibility index (Phi) is 3.96. The van der Waals surface area contributed by atoms with E-state index >= 15 is 0 Å². The molecule has 2 rings (SSSR count). The van der Waals surface area contributed by atoms with Crippen molar-refractivity contribution in [3.8, 4) is 5.75 Å². The Hall–Kier alpha value is -2.15. The van der Waals surface area contributed by atoms with Gasteiger partial charge in [0, 0.05) is 6.07 Å². The third kappa shape index (κ3) is 3.00. The number of rotatable bonds is 5. The van der Waals surface area contributed by atoms with Crippen molar-refractivity contribution in [1.29, 1.82) is 0 Å². The van der Waals surface area contributed by atoms with Crippen LogP contribution in [0.5, 0.6) is 5.75 Å². The number of hydrogen-bond donors (Lipinski definition) is 0. The quantitative estimate of drug-likeness (QED) is 0.478. The molecule has 6 nitrogen and oxygen atoms in total. The Balaban J connectivity index is 2.19. The number of furan rings is 1. The van der Waals surface area contributed by atoms with Crippen LogP contribution in [0.3, 0.4) is 0 Å². The van der Waals surface area contributed by atoms with Gasteiger partial charge in [0.15, 0.2) is 12.0 Å². The van der Waals surface area contributed by atoms with Gasteiger partial charge in [-0.1, -0.05) is 6.07 Å². The highest BCUT2D eigenvalue weighted by Gasteiger charge is 2.18. The molecule has 0 atom stereocenters. The fourth-order valence-electron chi connectivity index (χ4n) is 1.46. The Morgan fingerprint density at radius 2 is 2.16 bits per heavy atom. The summed E-state index contributed by atoms with van der Waals surface area (Å²) in [6, 6.07) is 7.61. The van der Waals surface area contributed by atoms with E-state index in [0.717, 1.165) is 0 Å². The van der Waals surface area contributed by atoms with Gasteiger partial charge in [-0.25, -0.2) is 0 Å². The molecule has 0 amide bonds. The summed E-state index contributed by atoms with van der Waals surface area (Å²) < 4.78 is 11.0. The minimum Gasteiger partial charge on any atom is -0.478 e. The lowest BCUT2D eigenvalue weighted by atomic mass is 10.3. The summed E-state index contributed by atoms with van der Waals surface area (Å²) in [7, 11) is 0. The monoisotopic (exact) mass is 325 g/mol. The highest BCUT2D eigenvalue weighted by molar-refractivity contribution is 9.10. The zero-order valence-corrected chi connectivity index (χ0v) is 11.1. The largest absolute Gasteiger partial charge is 0.478 e. The van der Waals surface area contributed by atoms with Crippen LogP contribution in [0.4, 0.5) is 5.69 Å². The summed E-state index contributed by atoms with van der Waals surface area (Å²) in [4.78, 5) is 20.8. The predicted octanol–water partition coefficient (Wildman–Crippen LogP) is 3.34. The number of aldehydes is 1. The smallest absolute Gasteiger partial charge is 0.312 e. The molecule has 2 aromatic rings. The molecule has 0 bridgehead atoms. The highest BCUT2D eigenvalue weighted by atomic mass is 79.9. The molecule has 1 aromatic carbocycles. The number of para-hydroxylation sites is 1. The fourth-order valence-corrected chi connectivity index (χ4v) is 1.93. The molecule has 7 heteroatoms. The van der Waals surface area contributed by atoms with Gasteiger partial charge in [0.1, 0.15) is 12.4 Å². The highest BCUT2D eigenvalue weighted by Crippen LogP contribution is 2.35. The van der Waals surface area contributed by atoms with Gasteiger partial charge in [0.2, 0.25) is 5.75 Å². The molecule has 0 unspecified atom stereocenters. The first-order valence-electron chi connectivity index (χ1n) is 5.21. The minimum atomic E-state index is -0.529. The summed E-state index contributed by atoms with van der Waals surface area (Å²) in [6.07, 6.45) is 0.574. The number of ether oxygens (including phenoxy) is 1. The third-order valence-corrected chi connectivity index (χ3v) is 2.92. The minimum absolute atomic E-state index is 0.00269. The first-order valence-corrected chi connectivity index (χ1v) is 6.00. The molecule has 0 N–H and O–H groups in total. The van der Waals surface area contributed by atoms with Crippen molar-refractivity contribution >= 4 is 27.9 Å². The number of nitro benzene ring substituents is 1. The second kappa shape index (κ2) is 5.66. The molecule has 98 valence electrons. The van der Waals surface area contributed by atoms with Crippen molar-refractivity contribution in [2.24, 2.45) is 0 Å². The van der Waals surface area contributed by atoms with Gasteiger partial charge in [-0.05, 0) is 34.1 Å². The molecule has 0 saturated heterocycles. The van der Waals surface area contributed by atoms with Gasteiger partial charge in [-0.2, -0.15) is 0 Å². The van der Waals surface area contributed by atoms with Crippen LogP contribution in [0.2, 0.25) is 0 Å². The standard InChI is InChI=1S/C12H8BrNO5/c13-10-2-1-3-11(14(16)17)12(10)18-7-9-5-4-8(6-15)19-9/h1-6H,7H2. The molecule has 0 saturated carbocycles. The van der Waals surface area contributed by atoms with Crippen LogP contribution in [-0.4, -0.2) is 11.2 Å². The van der Waals surface area contributed by atoms with Crippen molar-refractivity contribution in [3.63, 3.8) is 0 Å². The van der Waals surface area contributed by atoms with Gasteiger partial charge in [-0.15, -0.1) is 0 Å². The lowest BCUT2D eigenvalue weighted by molar-refractivity contribution is -0.386. The molecule has 0 aliphatic carbocycles. The van der Waals surface area contributed by atoms with Crippen LogP contribution in [-0.2, 0) is 6.61 Å². The summed E-state index contributed by atoms with van der Waals surface area (Å²) >= 11 is 3.19. The average Bonchev–Trinajstić information content (AvgIpc) is 2.85. The van der Waals surface area contributed by atoms with Crippen LogP contribution in [0, 0.1) is 10.1 Å². The maximum Gasteiger partial charge on any atom is 0.312 e. The second-order valence-corrected chi connectivity index (χ2v) is 4.41. The summed E-state index contributed by atoms with van der Waals surface area (Å²) in [5, 5.41) is 10.9. The van der Waals surface area contributed by atoms with E-state index in [2.05, 4.69) is 15.9 Å². The SMILES string of the molecule is O=Cc1ccc(COc2c(Br)cccc2[N+](=O)[O-])o1. The van der Waals surface area contributed by atoms with E-state index in [9.17, 15) is 14.9 Å². The van der Waals surface area contributed by atoms with E-state index in [1.54, 1.807) is 18.2 Å². The maximum absolute atomic E-state index is 10.9. The van der Waals surface area contributed by atoms with E-state index < -0.39 is 4.92 Å². The number of nitro groups is 1. The summed E-state index contributed by atoms with van der Waals surface area (Å²) in [5.74, 6) is 0.712. The molecule has 19 heavy (non-hydrogen) atoms. The molecular formula is C12H8BrNO5. The van der Waals surface area contributed by atoms with E-state index in [1.165, 1.54) is 12.1 Å². The van der Waals surface area contributed by atoms with Gasteiger partial charge in [-0.3, -0.25) is 14.9 Å². The van der Waals surface area contributed by atoms with Crippen LogP contribution in [0.25, 0.3) is 0 Å². The Labute approximate surface area is 116 Å². The van der Waals surface area contributed by atoms with E-state index in [-0.39, 0.29) is 23.8 Å². The second-order valence-electron chi connectivity index (χ2n) is 3.56. The van der Waals surface area contributed by atoms with Crippen molar-refractivity contribution in [2.75, 3.05) is 0 Å². The van der Waals surface area contributed by atoms with Gasteiger partial charge in [0.25, 0.3) is 0 Å². The van der Waals surface area contributed by atoms with Gasteiger partial charge in [0.05, 0.1) is 9.40 Å². The first kappa shape index (κ1) is 13.3. The molecule has 0 aliphatic rings. The van der Waals surface area contributed by atoms with E-state index in [0.29, 0.717) is 16.5 Å². The molecular weight excluding hydrogens is 318 g/mol. The third-order valence-electron chi connectivity index (χ3n) is 2.30. The van der Waals surface area contributed by atoms with Gasteiger partial charge >= 0.3 is 5.69 Å². The number of benzene rings is 1. The molecule has 0 aliphatic heterocycles. The van der Waals surface area contributed by atoms with Crippen molar-refractivity contribution in [2.45, 2.75) is 6.61 Å². The Morgan fingerprint density at radius 3 is 2.79 bits per heavy atom. The van der Waals surface area contributed by atoms with Crippen LogP contribution >= 0.6 is 15.9 Å². The first-order chi connectivity index (χ1) is 9.11. The fraction of sp³-hybridized carbons (Fsp3) is 0.0833. The molecule has 0 radical (unpaired) electrons. The predicted molar refractivity (Wildman–Crippen MR) is 69.2 cm³/mol. The number of carbonyl (C=O) groups excluding carboxylic acids is 1. The van der Waals surface area contributed by atoms with E-state index in [4.69, 9.17) is 9.15 Å². The average molecular weight is 326 g/mol. The number of halogens is 1. The molecule has 1 aromatic heterocycles. The Morgan fingerprint density at radius 1 is 1.37 bits per heavy atom. The van der Waals surface area contributed by atoms with Crippen molar-refractivity contribution in [1.82, 2.24) is 0 Å². The topological polar surface area (TPSA) is 82.6 Å².